The Hall–Kier alpha value is -3.13. The predicted octanol–water partition coefficient (Wildman–Crippen LogP) is 3.44. The van der Waals surface area contributed by atoms with Crippen molar-refractivity contribution in [2.24, 2.45) is 0 Å². The van der Waals surface area contributed by atoms with Gasteiger partial charge < -0.3 is 14.6 Å². The minimum absolute atomic E-state index is 0.0287. The Morgan fingerprint density at radius 3 is 2.61 bits per heavy atom. The van der Waals surface area contributed by atoms with Gasteiger partial charge in [0.2, 0.25) is 5.91 Å². The second-order valence-corrected chi connectivity index (χ2v) is 10.0. The van der Waals surface area contributed by atoms with E-state index in [1.807, 2.05) is 11.6 Å². The summed E-state index contributed by atoms with van der Waals surface area (Å²) in [6, 6.07) is 2.80. The molecule has 2 heterocycles. The van der Waals surface area contributed by atoms with Crippen molar-refractivity contribution in [1.82, 2.24) is 18.9 Å². The first-order valence-electron chi connectivity index (χ1n) is 11.4. The van der Waals surface area contributed by atoms with Gasteiger partial charge in [-0.2, -0.15) is 30.9 Å². The summed E-state index contributed by atoms with van der Waals surface area (Å²) >= 11 is 0. The Balaban J connectivity index is 1.63. The van der Waals surface area contributed by atoms with Crippen molar-refractivity contribution in [2.75, 3.05) is 31.5 Å². The first-order chi connectivity index (χ1) is 16.9. The van der Waals surface area contributed by atoms with Gasteiger partial charge in [0.05, 0.1) is 5.56 Å². The molecule has 0 atom stereocenters. The molecule has 3 rings (SSSR count). The molecule has 10 nitrogen and oxygen atoms in total. The molecule has 36 heavy (non-hydrogen) atoms. The van der Waals surface area contributed by atoms with Crippen LogP contribution < -0.4 is 10.0 Å². The highest BCUT2D eigenvalue weighted by Gasteiger charge is 2.31. The number of hydrogen-bond donors (Lipinski definition) is 2. The molecule has 2 aromatic rings. The zero-order chi connectivity index (χ0) is 26.5. The van der Waals surface area contributed by atoms with E-state index in [1.165, 1.54) is 6.07 Å². The van der Waals surface area contributed by atoms with Crippen LogP contribution in [0.1, 0.15) is 54.2 Å². The number of nitrogens with zero attached hydrogens (tertiary/aromatic N) is 3. The number of anilines is 2. The number of unbranched alkanes of at least 4 members (excludes halogenated alkanes) is 1. The van der Waals surface area contributed by atoms with E-state index >= 15 is 0 Å². The van der Waals surface area contributed by atoms with Crippen molar-refractivity contribution < 1.29 is 35.6 Å². The predicted molar refractivity (Wildman–Crippen MR) is 125 cm³/mol. The van der Waals surface area contributed by atoms with Gasteiger partial charge in [-0.15, -0.1) is 0 Å². The van der Waals surface area contributed by atoms with Crippen molar-refractivity contribution in [3.05, 3.63) is 41.3 Å². The van der Waals surface area contributed by atoms with E-state index in [2.05, 4.69) is 10.3 Å². The third kappa shape index (κ3) is 6.97. The smallest absolute Gasteiger partial charge is 0.416 e. The SMILES string of the molecule is CCCCC(=O)N1CCCN(S(=O)(=O)NC(=O)c2coc(Nc3cc(C(F)(F)F)ccc3C)n2)CC1. The molecule has 0 saturated carbocycles. The highest BCUT2D eigenvalue weighted by atomic mass is 32.2. The fourth-order valence-corrected chi connectivity index (χ4v) is 4.75. The van der Waals surface area contributed by atoms with Crippen LogP contribution >= 0.6 is 0 Å². The first-order valence-corrected chi connectivity index (χ1v) is 12.8. The Morgan fingerprint density at radius 1 is 1.17 bits per heavy atom. The number of carbonyl (C=O) groups excluding carboxylic acids is 2. The topological polar surface area (TPSA) is 125 Å². The number of benzene rings is 1. The number of aromatic nitrogens is 1. The second kappa shape index (κ2) is 11.3. The average Bonchev–Trinajstić information content (AvgIpc) is 3.12. The van der Waals surface area contributed by atoms with E-state index in [0.717, 1.165) is 35.5 Å². The molecule has 1 aliphatic rings. The molecule has 198 valence electrons. The first kappa shape index (κ1) is 27.5. The summed E-state index contributed by atoms with van der Waals surface area (Å²) in [4.78, 5) is 30.2. The van der Waals surface area contributed by atoms with E-state index in [9.17, 15) is 31.2 Å². The van der Waals surface area contributed by atoms with Gasteiger partial charge in [-0.3, -0.25) is 9.59 Å². The lowest BCUT2D eigenvalue weighted by atomic mass is 10.1. The zero-order valence-electron chi connectivity index (χ0n) is 19.9. The van der Waals surface area contributed by atoms with Crippen LogP contribution in [-0.2, 0) is 21.2 Å². The van der Waals surface area contributed by atoms with Crippen LogP contribution in [0.2, 0.25) is 0 Å². The fraction of sp³-hybridized carbons (Fsp3) is 0.500. The van der Waals surface area contributed by atoms with Gasteiger partial charge in [-0.1, -0.05) is 19.4 Å². The molecule has 1 saturated heterocycles. The van der Waals surface area contributed by atoms with Crippen LogP contribution in [0.4, 0.5) is 24.9 Å². The van der Waals surface area contributed by atoms with Crippen LogP contribution in [0.5, 0.6) is 0 Å². The number of amides is 2. The number of carbonyl (C=O) groups is 2. The molecule has 2 N–H and O–H groups in total. The summed E-state index contributed by atoms with van der Waals surface area (Å²) in [5.74, 6) is -1.09. The molecule has 1 fully saturated rings. The maximum absolute atomic E-state index is 13.0. The molecule has 0 spiro atoms. The highest BCUT2D eigenvalue weighted by molar-refractivity contribution is 7.87. The summed E-state index contributed by atoms with van der Waals surface area (Å²) in [5, 5.41) is 2.57. The molecule has 1 aliphatic heterocycles. The van der Waals surface area contributed by atoms with Gasteiger partial charge >= 0.3 is 16.4 Å². The number of hydrogen-bond acceptors (Lipinski definition) is 7. The minimum Gasteiger partial charge on any atom is -0.431 e. The lowest BCUT2D eigenvalue weighted by molar-refractivity contribution is -0.137. The zero-order valence-corrected chi connectivity index (χ0v) is 20.7. The molecule has 0 aliphatic carbocycles. The summed E-state index contributed by atoms with van der Waals surface area (Å²) in [6.07, 6.45) is -1.19. The number of aryl methyl sites for hydroxylation is 1. The molecule has 0 bridgehead atoms. The Bertz CT molecular complexity index is 1200. The Labute approximate surface area is 207 Å². The number of halogens is 3. The monoisotopic (exact) mass is 531 g/mol. The minimum atomic E-state index is -4.55. The maximum atomic E-state index is 13.0. The number of rotatable bonds is 8. The molecular weight excluding hydrogens is 503 g/mol. The van der Waals surface area contributed by atoms with E-state index in [0.29, 0.717) is 24.9 Å². The van der Waals surface area contributed by atoms with Crippen molar-refractivity contribution in [2.45, 2.75) is 45.7 Å². The fourth-order valence-electron chi connectivity index (χ4n) is 3.59. The van der Waals surface area contributed by atoms with Crippen LogP contribution in [0.25, 0.3) is 0 Å². The number of nitrogens with one attached hydrogen (secondary N) is 2. The average molecular weight is 532 g/mol. The van der Waals surface area contributed by atoms with Crippen LogP contribution in [0, 0.1) is 6.92 Å². The van der Waals surface area contributed by atoms with E-state index in [1.54, 1.807) is 11.8 Å². The third-order valence-corrected chi connectivity index (χ3v) is 7.15. The summed E-state index contributed by atoms with van der Waals surface area (Å²) in [6.45, 7) is 4.35. The van der Waals surface area contributed by atoms with Crippen LogP contribution in [0.15, 0.2) is 28.9 Å². The van der Waals surface area contributed by atoms with E-state index < -0.39 is 27.9 Å². The molecular formula is C22H28F3N5O5S. The summed E-state index contributed by atoms with van der Waals surface area (Å²) in [5.41, 5.74) is -0.724. The van der Waals surface area contributed by atoms with Gasteiger partial charge in [0.25, 0.3) is 11.9 Å². The quantitative estimate of drug-likeness (QED) is 0.535. The summed E-state index contributed by atoms with van der Waals surface area (Å²) < 4.78 is 72.6. The maximum Gasteiger partial charge on any atom is 0.416 e. The lowest BCUT2D eigenvalue weighted by Gasteiger charge is -2.21. The van der Waals surface area contributed by atoms with E-state index in [-0.39, 0.29) is 42.9 Å². The van der Waals surface area contributed by atoms with Crippen LogP contribution in [-0.4, -0.2) is 60.6 Å². The molecule has 2 amide bonds. The van der Waals surface area contributed by atoms with E-state index in [4.69, 9.17) is 4.42 Å². The van der Waals surface area contributed by atoms with Crippen molar-refractivity contribution in [1.29, 1.82) is 0 Å². The molecule has 1 aromatic carbocycles. The standard InChI is InChI=1S/C22H28F3N5O5S/c1-3-4-6-19(31)29-9-5-10-30(12-11-29)36(33,34)28-20(32)18-14-35-21(27-18)26-17-13-16(22(23,24)25)8-7-15(17)2/h7-8,13-14H,3-6,9-12H2,1-2H3,(H,26,27)(H,28,32). The summed E-state index contributed by atoms with van der Waals surface area (Å²) in [7, 11) is -4.23. The largest absolute Gasteiger partial charge is 0.431 e. The Morgan fingerprint density at radius 2 is 1.92 bits per heavy atom. The number of alkyl halides is 3. The van der Waals surface area contributed by atoms with Gasteiger partial charge in [-0.25, -0.2) is 4.72 Å². The molecule has 1 aromatic heterocycles. The van der Waals surface area contributed by atoms with Gasteiger partial charge in [0, 0.05) is 38.3 Å². The molecule has 0 unspecified atom stereocenters. The normalized spacial score (nSPS) is 15.4. The van der Waals surface area contributed by atoms with Crippen LogP contribution in [0.3, 0.4) is 0 Å². The molecule has 14 heteroatoms. The Kier molecular flexibility index (Phi) is 8.61. The second-order valence-electron chi connectivity index (χ2n) is 8.36. The van der Waals surface area contributed by atoms with Gasteiger partial charge in [0.1, 0.15) is 6.26 Å². The molecule has 0 radical (unpaired) electrons. The van der Waals surface area contributed by atoms with Gasteiger partial charge in [-0.05, 0) is 37.5 Å². The number of oxazole rings is 1. The highest BCUT2D eigenvalue weighted by Crippen LogP contribution is 2.33. The lowest BCUT2D eigenvalue weighted by Crippen LogP contribution is -2.45. The van der Waals surface area contributed by atoms with Crippen molar-refractivity contribution in [3.63, 3.8) is 0 Å². The van der Waals surface area contributed by atoms with Crippen molar-refractivity contribution in [3.8, 4) is 0 Å². The van der Waals surface area contributed by atoms with Gasteiger partial charge in [0.15, 0.2) is 5.69 Å². The van der Waals surface area contributed by atoms with Crippen molar-refractivity contribution >= 4 is 33.7 Å². The third-order valence-electron chi connectivity index (χ3n) is 5.66.